The van der Waals surface area contributed by atoms with E-state index in [4.69, 9.17) is 17.0 Å². The number of nitrogens with zero attached hydrogens (tertiary/aromatic N) is 3. The predicted octanol–water partition coefficient (Wildman–Crippen LogP) is 3.09. The second kappa shape index (κ2) is 11.2. The summed E-state index contributed by atoms with van der Waals surface area (Å²) in [7, 11) is 1.65. The van der Waals surface area contributed by atoms with E-state index in [1.54, 1.807) is 31.4 Å². The van der Waals surface area contributed by atoms with Gasteiger partial charge in [0.1, 0.15) is 0 Å². The number of benzene rings is 1. The van der Waals surface area contributed by atoms with Crippen molar-refractivity contribution >= 4 is 40.7 Å². The van der Waals surface area contributed by atoms with Crippen molar-refractivity contribution in [1.29, 1.82) is 0 Å². The Kier molecular flexibility index (Phi) is 8.63. The van der Waals surface area contributed by atoms with E-state index in [1.165, 1.54) is 6.92 Å². The molecule has 154 valence electrons. The number of carbonyl (C=O) groups is 1. The first-order valence-electron chi connectivity index (χ1n) is 9.19. The number of ether oxygens (including phenoxy) is 1. The molecule has 0 saturated carbocycles. The number of hydrogen-bond acceptors (Lipinski definition) is 6. The first-order chi connectivity index (χ1) is 13.9. The molecule has 2 aromatic rings. The molecule has 0 bridgehead atoms. The Balaban J connectivity index is 2.06. The number of anilines is 2. The Morgan fingerprint density at radius 2 is 1.79 bits per heavy atom. The Morgan fingerprint density at radius 1 is 1.14 bits per heavy atom. The summed E-state index contributed by atoms with van der Waals surface area (Å²) >= 11 is 5.39. The van der Waals surface area contributed by atoms with Crippen LogP contribution in [0.25, 0.3) is 0 Å². The van der Waals surface area contributed by atoms with Crippen molar-refractivity contribution in [3.8, 4) is 0 Å². The first-order valence-corrected chi connectivity index (χ1v) is 9.60. The Hall–Kier alpha value is -2.91. The zero-order valence-corrected chi connectivity index (χ0v) is 17.9. The smallest absolute Gasteiger partial charge is 0.229 e. The normalized spacial score (nSPS) is 11.1. The average molecular weight is 415 g/mol. The van der Waals surface area contributed by atoms with Gasteiger partial charge in [-0.2, -0.15) is 0 Å². The molecule has 0 aliphatic heterocycles. The minimum Gasteiger partial charge on any atom is -0.385 e. The Bertz CT molecular complexity index is 863. The molecule has 0 aliphatic rings. The number of carbonyl (C=O) groups excluding carboxylic acids is 1. The van der Waals surface area contributed by atoms with Gasteiger partial charge in [-0.3, -0.25) is 15.1 Å². The van der Waals surface area contributed by atoms with Gasteiger partial charge in [-0.1, -0.05) is 0 Å². The van der Waals surface area contributed by atoms with Crippen LogP contribution in [-0.2, 0) is 4.74 Å². The summed E-state index contributed by atoms with van der Waals surface area (Å²) in [6, 6.07) is 8.97. The van der Waals surface area contributed by atoms with E-state index in [9.17, 15) is 4.79 Å². The molecule has 0 radical (unpaired) electrons. The van der Waals surface area contributed by atoms with Crippen molar-refractivity contribution in [1.82, 2.24) is 15.3 Å². The number of aryl methyl sites for hydroxylation is 2. The number of hydrogen-bond donors (Lipinski definition) is 3. The number of nitrogens with one attached hydrogen (secondary N) is 3. The number of methoxy groups -OCH3 is 1. The largest absolute Gasteiger partial charge is 0.385 e. The molecule has 0 unspecified atom stereocenters. The third kappa shape index (κ3) is 7.92. The highest BCUT2D eigenvalue weighted by atomic mass is 32.1. The van der Waals surface area contributed by atoms with Crippen LogP contribution in [0.2, 0.25) is 0 Å². The summed E-state index contributed by atoms with van der Waals surface area (Å²) in [6.45, 7) is 6.49. The van der Waals surface area contributed by atoms with Crippen LogP contribution in [0.4, 0.5) is 11.6 Å². The van der Waals surface area contributed by atoms with E-state index in [2.05, 4.69) is 30.9 Å². The number of guanidine groups is 1. The van der Waals surface area contributed by atoms with Gasteiger partial charge in [0.2, 0.25) is 11.9 Å². The molecule has 0 aliphatic carbocycles. The minimum absolute atomic E-state index is 0.0142. The van der Waals surface area contributed by atoms with E-state index >= 15 is 0 Å². The number of Topliss-reactive ketones (excluding diaryl/α,β-unsaturated/α-hetero) is 1. The van der Waals surface area contributed by atoms with Crippen LogP contribution in [0, 0.1) is 13.8 Å². The lowest BCUT2D eigenvalue weighted by Gasteiger charge is -2.14. The summed E-state index contributed by atoms with van der Waals surface area (Å²) in [6.07, 6.45) is 0.768. The molecule has 2 rings (SSSR count). The molecule has 1 aromatic heterocycles. The van der Waals surface area contributed by atoms with Crippen molar-refractivity contribution in [2.75, 3.05) is 30.9 Å². The van der Waals surface area contributed by atoms with E-state index in [-0.39, 0.29) is 5.78 Å². The molecule has 0 saturated heterocycles. The zero-order chi connectivity index (χ0) is 21.2. The van der Waals surface area contributed by atoms with E-state index < -0.39 is 0 Å². The van der Waals surface area contributed by atoms with E-state index in [0.717, 1.165) is 23.5 Å². The molecular formula is C20H26N6O2S. The third-order valence-corrected chi connectivity index (χ3v) is 3.97. The SMILES string of the molecule is COCCCN=C(NC(=S)Nc1ccc(C(C)=O)cc1)Nc1nc(C)cc(C)n1. The quantitative estimate of drug-likeness (QED) is 0.209. The van der Waals surface area contributed by atoms with Crippen LogP contribution in [0.3, 0.4) is 0 Å². The molecule has 0 atom stereocenters. The lowest BCUT2D eigenvalue weighted by Crippen LogP contribution is -2.39. The number of aliphatic imine (C=N–C) groups is 1. The van der Waals surface area contributed by atoms with Crippen LogP contribution in [0.15, 0.2) is 35.3 Å². The molecule has 0 spiro atoms. The van der Waals surface area contributed by atoms with Crippen LogP contribution >= 0.6 is 12.2 Å². The van der Waals surface area contributed by atoms with Crippen molar-refractivity contribution in [3.05, 3.63) is 47.3 Å². The van der Waals surface area contributed by atoms with Gasteiger partial charge < -0.3 is 15.4 Å². The van der Waals surface area contributed by atoms with Crippen molar-refractivity contribution < 1.29 is 9.53 Å². The first kappa shape index (κ1) is 22.4. The second-order valence-corrected chi connectivity index (χ2v) is 6.80. The average Bonchev–Trinajstić information content (AvgIpc) is 2.64. The second-order valence-electron chi connectivity index (χ2n) is 6.39. The molecule has 0 fully saturated rings. The third-order valence-electron chi connectivity index (χ3n) is 3.77. The van der Waals surface area contributed by atoms with Gasteiger partial charge in [0.15, 0.2) is 10.9 Å². The van der Waals surface area contributed by atoms with Gasteiger partial charge in [0.25, 0.3) is 0 Å². The molecule has 29 heavy (non-hydrogen) atoms. The Morgan fingerprint density at radius 3 is 2.38 bits per heavy atom. The number of thiocarbonyl (C=S) groups is 1. The molecule has 9 heteroatoms. The molecule has 0 amide bonds. The van der Waals surface area contributed by atoms with Gasteiger partial charge in [0, 0.05) is 42.9 Å². The standard InChI is InChI=1S/C20H26N6O2S/c1-13-12-14(2)23-19(22-13)25-18(21-10-5-11-28-4)26-20(29)24-17-8-6-16(7-9-17)15(3)27/h6-9,12H,5,10-11H2,1-4H3,(H3,21,22,23,24,25,26,29). The fourth-order valence-corrected chi connectivity index (χ4v) is 2.67. The summed E-state index contributed by atoms with van der Waals surface area (Å²) in [5.74, 6) is 0.887. The lowest BCUT2D eigenvalue weighted by atomic mass is 10.1. The van der Waals surface area contributed by atoms with Gasteiger partial charge >= 0.3 is 0 Å². The fourth-order valence-electron chi connectivity index (χ4n) is 2.46. The predicted molar refractivity (Wildman–Crippen MR) is 120 cm³/mol. The molecule has 1 aromatic carbocycles. The van der Waals surface area contributed by atoms with Crippen LogP contribution in [0.5, 0.6) is 0 Å². The topological polar surface area (TPSA) is 101 Å². The van der Waals surface area contributed by atoms with E-state index in [0.29, 0.717) is 35.7 Å². The molecule has 1 heterocycles. The highest BCUT2D eigenvalue weighted by Crippen LogP contribution is 2.10. The van der Waals surface area contributed by atoms with Crippen molar-refractivity contribution in [2.24, 2.45) is 4.99 Å². The maximum Gasteiger partial charge on any atom is 0.229 e. The zero-order valence-electron chi connectivity index (χ0n) is 17.1. The van der Waals surface area contributed by atoms with Crippen molar-refractivity contribution in [2.45, 2.75) is 27.2 Å². The van der Waals surface area contributed by atoms with Crippen LogP contribution < -0.4 is 16.0 Å². The number of ketones is 1. The van der Waals surface area contributed by atoms with Crippen molar-refractivity contribution in [3.63, 3.8) is 0 Å². The van der Waals surface area contributed by atoms with Gasteiger partial charge in [-0.05, 0) is 69.7 Å². The monoisotopic (exact) mass is 414 g/mol. The maximum absolute atomic E-state index is 11.4. The summed E-state index contributed by atoms with van der Waals surface area (Å²) in [5.41, 5.74) is 3.10. The number of rotatable bonds is 7. The summed E-state index contributed by atoms with van der Waals surface area (Å²) in [4.78, 5) is 24.6. The van der Waals surface area contributed by atoms with Gasteiger partial charge in [0.05, 0.1) is 0 Å². The molecular weight excluding hydrogens is 388 g/mol. The van der Waals surface area contributed by atoms with Gasteiger partial charge in [-0.15, -0.1) is 0 Å². The fraction of sp³-hybridized carbons (Fsp3) is 0.350. The Labute approximate surface area is 176 Å². The minimum atomic E-state index is 0.0142. The maximum atomic E-state index is 11.4. The summed E-state index contributed by atoms with van der Waals surface area (Å²) in [5, 5.41) is 9.54. The van der Waals surface area contributed by atoms with E-state index in [1.807, 2.05) is 19.9 Å². The number of aromatic nitrogens is 2. The highest BCUT2D eigenvalue weighted by Gasteiger charge is 2.07. The van der Waals surface area contributed by atoms with Crippen LogP contribution in [-0.4, -0.2) is 47.1 Å². The molecule has 3 N–H and O–H groups in total. The summed E-state index contributed by atoms with van der Waals surface area (Å²) < 4.78 is 5.06. The lowest BCUT2D eigenvalue weighted by molar-refractivity contribution is 0.101. The highest BCUT2D eigenvalue weighted by molar-refractivity contribution is 7.80. The molecule has 8 nitrogen and oxygen atoms in total. The van der Waals surface area contributed by atoms with Crippen LogP contribution in [0.1, 0.15) is 35.1 Å². The van der Waals surface area contributed by atoms with Gasteiger partial charge in [-0.25, -0.2) is 9.97 Å².